The van der Waals surface area contributed by atoms with Crippen LogP contribution in [0.25, 0.3) is 0 Å². The summed E-state index contributed by atoms with van der Waals surface area (Å²) in [5, 5.41) is 17.9. The molecular weight excluding hydrogens is 256 g/mol. The van der Waals surface area contributed by atoms with Crippen molar-refractivity contribution in [2.75, 3.05) is 0 Å². The fourth-order valence-electron chi connectivity index (χ4n) is 0.361. The van der Waals surface area contributed by atoms with Crippen LogP contribution in [-0.4, -0.2) is 11.9 Å². The molecule has 0 aliphatic heterocycles. The van der Waals surface area contributed by atoms with Gasteiger partial charge in [-0.1, -0.05) is 0 Å². The maximum Gasteiger partial charge on any atom is 4.00 e. The molecule has 0 aliphatic rings. The molecule has 2 aromatic carbocycles. The van der Waals surface area contributed by atoms with Gasteiger partial charge in [0.2, 0.25) is 0 Å². The summed E-state index contributed by atoms with van der Waals surface area (Å²) in [5.41, 5.74) is 0. The molecule has 0 amide bonds. The zero-order valence-electron chi connectivity index (χ0n) is 8.29. The van der Waals surface area contributed by atoms with E-state index < -0.39 is 11.9 Å². The number of aliphatic carboxylic acids is 2. The van der Waals surface area contributed by atoms with Gasteiger partial charge in [-0.15, -0.1) is 0 Å². The Morgan fingerprint density at radius 3 is 1.00 bits per heavy atom. The molecular formula is C12H2O4Ti-8. The van der Waals surface area contributed by atoms with Gasteiger partial charge in [-0.3, -0.25) is 0 Å². The first-order chi connectivity index (χ1) is 7.64. The van der Waals surface area contributed by atoms with E-state index in [4.69, 9.17) is 19.8 Å². The molecule has 0 saturated carbocycles. The molecule has 0 fully saturated rings. The zero-order chi connectivity index (χ0) is 12.2. The number of hydrogen-bond acceptors (Lipinski definition) is 4. The predicted molar refractivity (Wildman–Crippen MR) is 44.8 cm³/mol. The van der Waals surface area contributed by atoms with Gasteiger partial charge in [-0.25, -0.2) is 0 Å². The Morgan fingerprint density at radius 1 is 0.706 bits per heavy atom. The summed E-state index contributed by atoms with van der Waals surface area (Å²) in [6.45, 7) is 0. The van der Waals surface area contributed by atoms with Gasteiger partial charge in [0.25, 0.3) is 0 Å². The second-order valence-corrected chi connectivity index (χ2v) is 1.94. The van der Waals surface area contributed by atoms with E-state index >= 15 is 0 Å². The standard InChI is InChI=1S/2C5H.C2H2O4.Ti/c2*1-2-4-5-3-1;3-1(4)2(5)6;/h2*1H;(H,3,4)(H,5,6);/q2*-5;;+4/p-2. The van der Waals surface area contributed by atoms with Crippen LogP contribution in [0.4, 0.5) is 0 Å². The second kappa shape index (κ2) is 12.4. The Labute approximate surface area is 114 Å². The normalized spacial score (nSPS) is 7.29. The molecule has 0 atom stereocenters. The fourth-order valence-corrected chi connectivity index (χ4v) is 0.361. The summed E-state index contributed by atoms with van der Waals surface area (Å²) in [6.07, 6.45) is 0. The van der Waals surface area contributed by atoms with E-state index in [0.29, 0.717) is 0 Å². The Hall–Kier alpha value is -1.65. The Morgan fingerprint density at radius 2 is 0.941 bits per heavy atom. The van der Waals surface area contributed by atoms with E-state index in [2.05, 4.69) is 48.5 Å². The summed E-state index contributed by atoms with van der Waals surface area (Å²) in [5.74, 6) is -4.37. The SMILES string of the molecule is O=C([O-])C(=O)[O-].[Ti+4].[c-]1[c-][c-][cH-][c-]1.[c-]1[c-][c-][cH-][c-]1. The summed E-state index contributed by atoms with van der Waals surface area (Å²) >= 11 is 0. The van der Waals surface area contributed by atoms with E-state index in [1.807, 2.05) is 0 Å². The molecule has 0 aliphatic carbocycles. The van der Waals surface area contributed by atoms with Crippen molar-refractivity contribution in [3.05, 3.63) is 60.7 Å². The predicted octanol–water partition coefficient (Wildman–Crippen LogP) is -2.30. The van der Waals surface area contributed by atoms with Gasteiger partial charge in [-0.05, 0) is 0 Å². The first-order valence-electron chi connectivity index (χ1n) is 3.72. The van der Waals surface area contributed by atoms with Gasteiger partial charge in [0.1, 0.15) is 0 Å². The van der Waals surface area contributed by atoms with E-state index in [1.165, 1.54) is 0 Å². The zero-order valence-corrected chi connectivity index (χ0v) is 9.85. The van der Waals surface area contributed by atoms with Crippen LogP contribution in [0.3, 0.4) is 0 Å². The molecule has 4 nitrogen and oxygen atoms in total. The minimum atomic E-state index is -2.19. The molecule has 5 heteroatoms. The molecule has 0 unspecified atom stereocenters. The van der Waals surface area contributed by atoms with Gasteiger partial charge in [0.05, 0.1) is 11.9 Å². The third-order valence-corrected chi connectivity index (χ3v) is 0.869. The van der Waals surface area contributed by atoms with Gasteiger partial charge < -0.3 is 80.5 Å². The average Bonchev–Trinajstić information content (AvgIpc) is 2.97. The van der Waals surface area contributed by atoms with Crippen molar-refractivity contribution < 1.29 is 41.5 Å². The number of carboxylic acids is 2. The first-order valence-corrected chi connectivity index (χ1v) is 3.72. The van der Waals surface area contributed by atoms with E-state index in [1.54, 1.807) is 12.1 Å². The molecule has 0 saturated heterocycles. The van der Waals surface area contributed by atoms with Crippen LogP contribution in [0.1, 0.15) is 0 Å². The van der Waals surface area contributed by atoms with Crippen molar-refractivity contribution in [3.8, 4) is 0 Å². The Balaban J connectivity index is 0. The van der Waals surface area contributed by atoms with Crippen molar-refractivity contribution in [2.24, 2.45) is 0 Å². The van der Waals surface area contributed by atoms with Crippen LogP contribution >= 0.6 is 0 Å². The van der Waals surface area contributed by atoms with Crippen molar-refractivity contribution in [1.29, 1.82) is 0 Å². The van der Waals surface area contributed by atoms with Crippen molar-refractivity contribution in [1.82, 2.24) is 0 Å². The first kappa shape index (κ1) is 17.7. The molecule has 0 heterocycles. The number of rotatable bonds is 0. The summed E-state index contributed by atoms with van der Waals surface area (Å²) in [4.78, 5) is 17.9. The van der Waals surface area contributed by atoms with Crippen LogP contribution in [0.2, 0.25) is 0 Å². The minimum absolute atomic E-state index is 0. The third-order valence-electron chi connectivity index (χ3n) is 0.869. The third kappa shape index (κ3) is 14.4. The second-order valence-electron chi connectivity index (χ2n) is 1.94. The molecule has 17 heavy (non-hydrogen) atoms. The van der Waals surface area contributed by atoms with Gasteiger partial charge in [-0.2, -0.15) is 0 Å². The molecule has 0 spiro atoms. The quantitative estimate of drug-likeness (QED) is 0.302. The van der Waals surface area contributed by atoms with Crippen molar-refractivity contribution in [3.63, 3.8) is 0 Å². The maximum absolute atomic E-state index is 8.93. The molecule has 0 radical (unpaired) electrons. The fraction of sp³-hybridized carbons (Fsp3) is 0. The molecule has 2 rings (SSSR count). The minimum Gasteiger partial charge on any atom is -0.999 e. The van der Waals surface area contributed by atoms with Crippen LogP contribution < -0.4 is 10.2 Å². The number of carbonyl (C=O) groups is 2. The monoisotopic (exact) mass is 258 g/mol. The van der Waals surface area contributed by atoms with Crippen molar-refractivity contribution >= 4 is 11.9 Å². The maximum atomic E-state index is 8.93. The van der Waals surface area contributed by atoms with E-state index in [9.17, 15) is 0 Å². The van der Waals surface area contributed by atoms with Gasteiger partial charge >= 0.3 is 21.7 Å². The van der Waals surface area contributed by atoms with E-state index in [-0.39, 0.29) is 21.7 Å². The molecule has 0 aromatic heterocycles. The average molecular weight is 258 g/mol. The smallest absolute Gasteiger partial charge is 0.999 e. The van der Waals surface area contributed by atoms with E-state index in [0.717, 1.165) is 0 Å². The molecule has 2 aromatic rings. The molecule has 0 bridgehead atoms. The topological polar surface area (TPSA) is 80.3 Å². The number of carbonyl (C=O) groups excluding carboxylic acids is 2. The van der Waals surface area contributed by atoms with Crippen LogP contribution in [-0.2, 0) is 31.3 Å². The summed E-state index contributed by atoms with van der Waals surface area (Å²) < 4.78 is 0. The van der Waals surface area contributed by atoms with Crippen LogP contribution in [0, 0.1) is 48.5 Å². The summed E-state index contributed by atoms with van der Waals surface area (Å²) in [6, 6.07) is 24.0. The van der Waals surface area contributed by atoms with Crippen molar-refractivity contribution in [2.45, 2.75) is 0 Å². The number of carboxylic acid groups (broad SMARTS) is 2. The molecule has 86 valence electrons. The van der Waals surface area contributed by atoms with Crippen LogP contribution in [0.5, 0.6) is 0 Å². The Bertz CT molecular complexity index is 292. The largest absolute Gasteiger partial charge is 4.00 e. The summed E-state index contributed by atoms with van der Waals surface area (Å²) in [7, 11) is 0. The Kier molecular flexibility index (Phi) is 13.0. The number of hydrogen-bond donors (Lipinski definition) is 0. The van der Waals surface area contributed by atoms with Crippen LogP contribution in [0.15, 0.2) is 12.1 Å². The van der Waals surface area contributed by atoms with Gasteiger partial charge in [0, 0.05) is 0 Å². The molecule has 0 N–H and O–H groups in total. The van der Waals surface area contributed by atoms with Gasteiger partial charge in [0.15, 0.2) is 0 Å².